The summed E-state index contributed by atoms with van der Waals surface area (Å²) in [5, 5.41) is 2.62. The van der Waals surface area contributed by atoms with E-state index in [-0.39, 0.29) is 0 Å². The van der Waals surface area contributed by atoms with E-state index < -0.39 is 0 Å². The van der Waals surface area contributed by atoms with Crippen molar-refractivity contribution >= 4 is 10.8 Å². The molecule has 0 saturated carbocycles. The summed E-state index contributed by atoms with van der Waals surface area (Å²) >= 11 is 0. The molecule has 6 aromatic carbocycles. The Morgan fingerprint density at radius 3 is 1.63 bits per heavy atom. The molecule has 0 atom stereocenters. The van der Waals surface area contributed by atoms with Crippen molar-refractivity contribution in [1.82, 2.24) is 15.0 Å². The summed E-state index contributed by atoms with van der Waals surface area (Å²) in [6.07, 6.45) is 3.67. The zero-order valence-corrected chi connectivity index (χ0v) is 24.9. The second-order valence-corrected chi connectivity index (χ2v) is 11.7. The van der Waals surface area contributed by atoms with Crippen LogP contribution in [0.1, 0.15) is 0 Å². The van der Waals surface area contributed by atoms with Gasteiger partial charge in [-0.15, -0.1) is 0 Å². The van der Waals surface area contributed by atoms with Gasteiger partial charge in [-0.1, -0.05) is 140 Å². The Kier molecular flexibility index (Phi) is 6.14. The third-order valence-corrected chi connectivity index (χ3v) is 8.97. The first kappa shape index (κ1) is 26.2. The molecule has 2 aromatic heterocycles. The van der Waals surface area contributed by atoms with Crippen molar-refractivity contribution in [2.75, 3.05) is 0 Å². The van der Waals surface area contributed by atoms with E-state index in [1.54, 1.807) is 6.20 Å². The summed E-state index contributed by atoms with van der Waals surface area (Å²) in [6.45, 7) is 0. The molecule has 9 rings (SSSR count). The molecule has 1 aliphatic carbocycles. The van der Waals surface area contributed by atoms with Crippen LogP contribution in [0.25, 0.3) is 89.2 Å². The molecule has 8 aromatic rings. The molecule has 0 amide bonds. The van der Waals surface area contributed by atoms with Gasteiger partial charge in [0.25, 0.3) is 0 Å². The van der Waals surface area contributed by atoms with Crippen LogP contribution in [0, 0.1) is 0 Å². The quantitative estimate of drug-likeness (QED) is 0.202. The molecule has 0 spiro atoms. The molecule has 0 radical (unpaired) electrons. The van der Waals surface area contributed by atoms with Crippen LogP contribution in [0.2, 0.25) is 0 Å². The lowest BCUT2D eigenvalue weighted by atomic mass is 9.93. The summed E-state index contributed by atoms with van der Waals surface area (Å²) in [5.41, 5.74) is 14.8. The Morgan fingerprint density at radius 1 is 0.348 bits per heavy atom. The minimum Gasteiger partial charge on any atom is -0.264 e. The van der Waals surface area contributed by atoms with Crippen LogP contribution in [0.4, 0.5) is 0 Å². The van der Waals surface area contributed by atoms with E-state index in [0.717, 1.165) is 39.2 Å². The number of fused-ring (bicyclic) bond motifs is 3. The van der Waals surface area contributed by atoms with E-state index in [9.17, 15) is 0 Å². The standard InChI is InChI=1S/C43H27N3/c1-2-8-30(9-3-1)40-26-41(46-43(45-40)32-21-15-28(16-22-32)33-10-7-25-44-27-33)31-19-17-29(18-20-31)34-23-24-39-36-12-5-4-11-35(36)38-14-6-13-37(34)42(38)39/h1-27H. The number of hydrogen-bond donors (Lipinski definition) is 0. The Bertz CT molecular complexity index is 2350. The third kappa shape index (κ3) is 4.41. The molecule has 1 aliphatic rings. The van der Waals surface area contributed by atoms with Crippen molar-refractivity contribution in [2.24, 2.45) is 0 Å². The van der Waals surface area contributed by atoms with Gasteiger partial charge in [0, 0.05) is 29.1 Å². The summed E-state index contributed by atoms with van der Waals surface area (Å²) in [7, 11) is 0. The third-order valence-electron chi connectivity index (χ3n) is 8.97. The molecule has 3 nitrogen and oxygen atoms in total. The number of hydrogen-bond acceptors (Lipinski definition) is 3. The van der Waals surface area contributed by atoms with Crippen molar-refractivity contribution in [3.05, 3.63) is 164 Å². The minimum absolute atomic E-state index is 0.699. The zero-order valence-electron chi connectivity index (χ0n) is 24.9. The Morgan fingerprint density at radius 2 is 0.913 bits per heavy atom. The summed E-state index contributed by atoms with van der Waals surface area (Å²) in [5.74, 6) is 0.699. The van der Waals surface area contributed by atoms with Crippen molar-refractivity contribution in [3.63, 3.8) is 0 Å². The van der Waals surface area contributed by atoms with Gasteiger partial charge in [0.1, 0.15) is 0 Å². The maximum Gasteiger partial charge on any atom is 0.160 e. The van der Waals surface area contributed by atoms with Gasteiger partial charge in [0.2, 0.25) is 0 Å². The molecule has 0 bridgehead atoms. The highest BCUT2D eigenvalue weighted by molar-refractivity contribution is 6.18. The predicted molar refractivity (Wildman–Crippen MR) is 189 cm³/mol. The van der Waals surface area contributed by atoms with Gasteiger partial charge in [-0.05, 0) is 67.4 Å². The SMILES string of the molecule is c1ccc(-c2cc(-c3ccc(-c4ccc5c6c(cccc46)-c4ccccc4-5)cc3)nc(-c3ccc(-c4cccnc4)cc3)n2)cc1. The molecule has 0 aliphatic heterocycles. The Hall–Kier alpha value is -6.19. The highest BCUT2D eigenvalue weighted by atomic mass is 14.9. The van der Waals surface area contributed by atoms with Gasteiger partial charge in [-0.2, -0.15) is 0 Å². The molecular weight excluding hydrogens is 558 g/mol. The fourth-order valence-electron chi connectivity index (χ4n) is 6.71. The minimum atomic E-state index is 0.699. The average Bonchev–Trinajstić information content (AvgIpc) is 3.47. The second kappa shape index (κ2) is 10.8. The highest BCUT2D eigenvalue weighted by Crippen LogP contribution is 2.49. The van der Waals surface area contributed by atoms with Crippen LogP contribution in [-0.4, -0.2) is 15.0 Å². The molecule has 0 fully saturated rings. The normalized spacial score (nSPS) is 11.5. The lowest BCUT2D eigenvalue weighted by Crippen LogP contribution is -1.96. The van der Waals surface area contributed by atoms with Crippen LogP contribution in [0.5, 0.6) is 0 Å². The summed E-state index contributed by atoms with van der Waals surface area (Å²) < 4.78 is 0. The largest absolute Gasteiger partial charge is 0.264 e. The maximum atomic E-state index is 5.09. The first-order valence-corrected chi connectivity index (χ1v) is 15.5. The van der Waals surface area contributed by atoms with Gasteiger partial charge < -0.3 is 0 Å². The van der Waals surface area contributed by atoms with E-state index in [4.69, 9.17) is 9.97 Å². The molecule has 2 heterocycles. The molecule has 0 saturated heterocycles. The molecule has 3 heteroatoms. The number of benzene rings is 6. The zero-order chi connectivity index (χ0) is 30.5. The monoisotopic (exact) mass is 585 g/mol. The van der Waals surface area contributed by atoms with Crippen LogP contribution in [-0.2, 0) is 0 Å². The Labute approximate surface area is 267 Å². The fourth-order valence-corrected chi connectivity index (χ4v) is 6.71. The number of pyridine rings is 1. The first-order valence-electron chi connectivity index (χ1n) is 15.5. The van der Waals surface area contributed by atoms with Gasteiger partial charge in [0.05, 0.1) is 11.4 Å². The van der Waals surface area contributed by atoms with E-state index in [0.29, 0.717) is 5.82 Å². The second-order valence-electron chi connectivity index (χ2n) is 11.7. The van der Waals surface area contributed by atoms with Crippen LogP contribution in [0.15, 0.2) is 164 Å². The van der Waals surface area contributed by atoms with Gasteiger partial charge in [0.15, 0.2) is 5.82 Å². The molecular formula is C43H27N3. The lowest BCUT2D eigenvalue weighted by Gasteiger charge is -2.12. The molecule has 0 unspecified atom stereocenters. The van der Waals surface area contributed by atoms with Crippen molar-refractivity contribution < 1.29 is 0 Å². The fraction of sp³-hybridized carbons (Fsp3) is 0. The average molecular weight is 586 g/mol. The van der Waals surface area contributed by atoms with Crippen molar-refractivity contribution in [3.8, 4) is 78.4 Å². The number of nitrogens with zero attached hydrogens (tertiary/aromatic N) is 3. The van der Waals surface area contributed by atoms with Crippen molar-refractivity contribution in [2.45, 2.75) is 0 Å². The predicted octanol–water partition coefficient (Wildman–Crippen LogP) is 11.0. The van der Waals surface area contributed by atoms with E-state index >= 15 is 0 Å². The highest BCUT2D eigenvalue weighted by Gasteiger charge is 2.22. The van der Waals surface area contributed by atoms with Gasteiger partial charge in [-0.3, -0.25) is 4.98 Å². The van der Waals surface area contributed by atoms with Crippen LogP contribution in [0.3, 0.4) is 0 Å². The summed E-state index contributed by atoms with van der Waals surface area (Å²) in [4.78, 5) is 14.4. The maximum absolute atomic E-state index is 5.09. The topological polar surface area (TPSA) is 38.7 Å². The van der Waals surface area contributed by atoms with Crippen molar-refractivity contribution in [1.29, 1.82) is 0 Å². The molecule has 46 heavy (non-hydrogen) atoms. The first-order chi connectivity index (χ1) is 22.8. The smallest absolute Gasteiger partial charge is 0.160 e. The Balaban J connectivity index is 1.11. The van der Waals surface area contributed by atoms with E-state index in [1.165, 1.54) is 44.2 Å². The van der Waals surface area contributed by atoms with E-state index in [2.05, 4.69) is 132 Å². The molecule has 0 N–H and O–H groups in total. The summed E-state index contributed by atoms with van der Waals surface area (Å²) in [6, 6.07) is 53.6. The van der Waals surface area contributed by atoms with Gasteiger partial charge >= 0.3 is 0 Å². The lowest BCUT2D eigenvalue weighted by molar-refractivity contribution is 1.18. The van der Waals surface area contributed by atoms with Gasteiger partial charge in [-0.25, -0.2) is 9.97 Å². The number of aromatic nitrogens is 3. The van der Waals surface area contributed by atoms with Crippen LogP contribution < -0.4 is 0 Å². The number of rotatable bonds is 5. The van der Waals surface area contributed by atoms with Crippen LogP contribution >= 0.6 is 0 Å². The molecule has 214 valence electrons. The van der Waals surface area contributed by atoms with E-state index in [1.807, 2.05) is 30.5 Å².